The lowest BCUT2D eigenvalue weighted by molar-refractivity contribution is -0.0438. The maximum absolute atomic E-state index is 12.9. The number of likely N-dealkylation sites (N-methyl/N-ethyl adjacent to an activating group) is 1. The van der Waals surface area contributed by atoms with E-state index in [0.717, 1.165) is 49.7 Å². The van der Waals surface area contributed by atoms with Crippen LogP contribution >= 0.6 is 0 Å². The van der Waals surface area contributed by atoms with E-state index in [-0.39, 0.29) is 6.54 Å². The van der Waals surface area contributed by atoms with E-state index in [4.69, 9.17) is 0 Å². The second-order valence-corrected chi connectivity index (χ2v) is 8.76. The Bertz CT molecular complexity index is 1020. The Morgan fingerprint density at radius 1 is 1.10 bits per heavy atom. The Morgan fingerprint density at radius 3 is 2.43 bits per heavy atom. The van der Waals surface area contributed by atoms with Gasteiger partial charge in [-0.3, -0.25) is 4.79 Å². The number of anilines is 1. The molecule has 1 amide bonds. The maximum atomic E-state index is 12.9. The van der Waals surface area contributed by atoms with E-state index in [1.165, 1.54) is 6.07 Å². The molecule has 0 atom stereocenters. The van der Waals surface area contributed by atoms with E-state index >= 15 is 0 Å². The summed E-state index contributed by atoms with van der Waals surface area (Å²) in [5.41, 5.74) is -4.50. The molecule has 11 heteroatoms. The third-order valence-corrected chi connectivity index (χ3v) is 6.29. The normalized spacial score (nSPS) is 15.8. The zero-order chi connectivity index (χ0) is 21.9. The van der Waals surface area contributed by atoms with Gasteiger partial charge in [0.1, 0.15) is 0 Å². The second-order valence-electron chi connectivity index (χ2n) is 6.91. The fourth-order valence-electron chi connectivity index (χ4n) is 3.17. The number of halogens is 3. The van der Waals surface area contributed by atoms with E-state index in [1.54, 1.807) is 6.07 Å². The molecule has 1 N–H and O–H groups in total. The number of piperazine rings is 1. The summed E-state index contributed by atoms with van der Waals surface area (Å²) in [6.07, 6.45) is 0.901. The highest BCUT2D eigenvalue weighted by molar-refractivity contribution is 7.92. The number of carbonyl (C=O) groups is 1. The molecule has 1 aliphatic rings. The molecule has 1 aromatic heterocycles. The Morgan fingerprint density at radius 2 is 1.77 bits per heavy atom. The van der Waals surface area contributed by atoms with Crippen molar-refractivity contribution in [3.8, 4) is 0 Å². The molecule has 1 aromatic carbocycles. The van der Waals surface area contributed by atoms with Crippen molar-refractivity contribution in [3.63, 3.8) is 0 Å². The topological polar surface area (TPSA) is 82.6 Å². The van der Waals surface area contributed by atoms with Gasteiger partial charge in [-0.15, -0.1) is 0 Å². The van der Waals surface area contributed by atoms with Crippen LogP contribution in [0.15, 0.2) is 47.6 Å². The lowest BCUT2D eigenvalue weighted by Crippen LogP contribution is -2.45. The van der Waals surface area contributed by atoms with Crippen LogP contribution in [0.2, 0.25) is 0 Å². The summed E-state index contributed by atoms with van der Waals surface area (Å²) in [6.45, 7) is 3.40. The van der Waals surface area contributed by atoms with Gasteiger partial charge in [-0.05, 0) is 30.8 Å². The van der Waals surface area contributed by atoms with Crippen LogP contribution in [0.5, 0.6) is 0 Å². The van der Waals surface area contributed by atoms with Gasteiger partial charge in [0.2, 0.25) is 0 Å². The zero-order valence-corrected chi connectivity index (χ0v) is 17.0. The summed E-state index contributed by atoms with van der Waals surface area (Å²) in [4.78, 5) is 20.2. The van der Waals surface area contributed by atoms with Gasteiger partial charge in [-0.2, -0.15) is 13.2 Å². The van der Waals surface area contributed by atoms with Gasteiger partial charge in [-0.1, -0.05) is 18.2 Å². The predicted molar refractivity (Wildman–Crippen MR) is 105 cm³/mol. The predicted octanol–water partition coefficient (Wildman–Crippen LogP) is 2.06. The molecule has 1 saturated heterocycles. The minimum atomic E-state index is -5.75. The first-order valence-electron chi connectivity index (χ1n) is 9.17. The van der Waals surface area contributed by atoms with Crippen molar-refractivity contribution in [2.24, 2.45) is 0 Å². The molecule has 2 heterocycles. The number of nitrogens with zero attached hydrogens (tertiary/aromatic N) is 3. The smallest absolute Gasteiger partial charge is 0.369 e. The Hall–Kier alpha value is -2.66. The molecule has 0 aliphatic carbocycles. The molecular formula is C19H21F3N4O3S. The SMILES string of the molecule is CN1CCN(c2ccccc2CNC(=O)c2cccnc2S(=O)(=O)C(F)(F)F)CC1. The number of rotatable bonds is 5. The number of alkyl halides is 3. The molecule has 3 rings (SSSR count). The zero-order valence-electron chi connectivity index (χ0n) is 16.2. The highest BCUT2D eigenvalue weighted by Crippen LogP contribution is 2.31. The second kappa shape index (κ2) is 8.60. The summed E-state index contributed by atoms with van der Waals surface area (Å²) in [6, 6.07) is 9.61. The van der Waals surface area contributed by atoms with Crippen LogP contribution < -0.4 is 10.2 Å². The van der Waals surface area contributed by atoms with Gasteiger partial charge in [-0.25, -0.2) is 13.4 Å². The fraction of sp³-hybridized carbons (Fsp3) is 0.368. The number of hydrogen-bond acceptors (Lipinski definition) is 6. The fourth-order valence-corrected chi connectivity index (χ4v) is 4.04. The van der Waals surface area contributed by atoms with Crippen LogP contribution in [0.3, 0.4) is 0 Å². The van der Waals surface area contributed by atoms with Crippen molar-refractivity contribution in [2.45, 2.75) is 17.1 Å². The number of para-hydroxylation sites is 1. The number of hydrogen-bond donors (Lipinski definition) is 1. The summed E-state index contributed by atoms with van der Waals surface area (Å²) in [5.74, 6) is -0.945. The number of nitrogens with one attached hydrogen (secondary N) is 1. The van der Waals surface area contributed by atoms with E-state index < -0.39 is 31.8 Å². The van der Waals surface area contributed by atoms with Crippen molar-refractivity contribution >= 4 is 21.4 Å². The summed E-state index contributed by atoms with van der Waals surface area (Å²) in [7, 11) is -3.72. The summed E-state index contributed by atoms with van der Waals surface area (Å²) < 4.78 is 62.3. The summed E-state index contributed by atoms with van der Waals surface area (Å²) in [5, 5.41) is 1.22. The number of benzene rings is 1. The molecule has 0 bridgehead atoms. The van der Waals surface area contributed by atoms with Crippen LogP contribution in [-0.2, 0) is 16.4 Å². The third kappa shape index (κ3) is 4.57. The lowest BCUT2D eigenvalue weighted by atomic mass is 10.1. The quantitative estimate of drug-likeness (QED) is 0.764. The van der Waals surface area contributed by atoms with Crippen LogP contribution in [0, 0.1) is 0 Å². The van der Waals surface area contributed by atoms with Gasteiger partial charge in [0.05, 0.1) is 5.56 Å². The first-order chi connectivity index (χ1) is 14.1. The highest BCUT2D eigenvalue weighted by atomic mass is 32.2. The molecule has 0 spiro atoms. The minimum Gasteiger partial charge on any atom is -0.369 e. The molecule has 162 valence electrons. The molecular weight excluding hydrogens is 421 g/mol. The molecule has 0 unspecified atom stereocenters. The van der Waals surface area contributed by atoms with E-state index in [2.05, 4.69) is 20.1 Å². The van der Waals surface area contributed by atoms with E-state index in [1.807, 2.05) is 25.2 Å². The van der Waals surface area contributed by atoms with Crippen LogP contribution in [0.25, 0.3) is 0 Å². The Balaban J connectivity index is 1.80. The maximum Gasteiger partial charge on any atom is 0.503 e. The number of amides is 1. The van der Waals surface area contributed by atoms with Crippen LogP contribution in [0.4, 0.5) is 18.9 Å². The Labute approximate surface area is 172 Å². The van der Waals surface area contributed by atoms with Crippen molar-refractivity contribution in [3.05, 3.63) is 53.7 Å². The molecule has 1 aliphatic heterocycles. The van der Waals surface area contributed by atoms with E-state index in [0.29, 0.717) is 0 Å². The minimum absolute atomic E-state index is 0.0295. The first-order valence-corrected chi connectivity index (χ1v) is 10.7. The monoisotopic (exact) mass is 442 g/mol. The third-order valence-electron chi connectivity index (χ3n) is 4.85. The van der Waals surface area contributed by atoms with Gasteiger partial charge < -0.3 is 15.1 Å². The van der Waals surface area contributed by atoms with Gasteiger partial charge in [0, 0.05) is 44.6 Å². The average molecular weight is 442 g/mol. The van der Waals surface area contributed by atoms with Gasteiger partial charge in [0.15, 0.2) is 5.03 Å². The molecule has 0 radical (unpaired) electrons. The largest absolute Gasteiger partial charge is 0.503 e. The average Bonchev–Trinajstić information content (AvgIpc) is 2.72. The number of carbonyl (C=O) groups excluding carboxylic acids is 1. The Kier molecular flexibility index (Phi) is 6.32. The van der Waals surface area contributed by atoms with Crippen molar-refractivity contribution in [2.75, 3.05) is 38.1 Å². The first kappa shape index (κ1) is 22.0. The van der Waals surface area contributed by atoms with Crippen LogP contribution in [0.1, 0.15) is 15.9 Å². The van der Waals surface area contributed by atoms with Gasteiger partial charge >= 0.3 is 5.51 Å². The molecule has 1 fully saturated rings. The number of pyridine rings is 1. The van der Waals surface area contributed by atoms with E-state index in [9.17, 15) is 26.4 Å². The molecule has 30 heavy (non-hydrogen) atoms. The molecule has 7 nitrogen and oxygen atoms in total. The van der Waals surface area contributed by atoms with Crippen molar-refractivity contribution < 1.29 is 26.4 Å². The lowest BCUT2D eigenvalue weighted by Gasteiger charge is -2.35. The highest BCUT2D eigenvalue weighted by Gasteiger charge is 2.49. The molecule has 2 aromatic rings. The number of sulfone groups is 1. The van der Waals surface area contributed by atoms with Crippen LogP contribution in [-0.4, -0.2) is 62.9 Å². The van der Waals surface area contributed by atoms with Crippen molar-refractivity contribution in [1.82, 2.24) is 15.2 Å². The molecule has 0 saturated carbocycles. The van der Waals surface area contributed by atoms with Crippen molar-refractivity contribution in [1.29, 1.82) is 0 Å². The van der Waals surface area contributed by atoms with Gasteiger partial charge in [0.25, 0.3) is 15.7 Å². The standard InChI is InChI=1S/C19H21F3N4O3S/c1-25-9-11-26(12-10-25)16-7-3-2-5-14(16)13-24-17(27)15-6-4-8-23-18(15)30(28,29)19(20,21)22/h2-8H,9-13H2,1H3,(H,24,27). The summed E-state index contributed by atoms with van der Waals surface area (Å²) >= 11 is 0. The number of aromatic nitrogens is 1.